The Morgan fingerprint density at radius 1 is 1.40 bits per heavy atom. The third-order valence-electron chi connectivity index (χ3n) is 3.13. The van der Waals surface area contributed by atoms with Gasteiger partial charge in [-0.15, -0.1) is 0 Å². The number of amides is 2. The number of sulfonamides is 1. The molecule has 2 rings (SSSR count). The third kappa shape index (κ3) is 2.46. The largest absolute Gasteiger partial charge is 0.332 e. The van der Waals surface area contributed by atoms with Crippen molar-refractivity contribution in [3.8, 4) is 0 Å². The first kappa shape index (κ1) is 14.7. The zero-order valence-corrected chi connectivity index (χ0v) is 12.0. The molecule has 9 heteroatoms. The zero-order chi connectivity index (χ0) is 14.9. The smallest absolute Gasteiger partial charge is 0.261 e. The summed E-state index contributed by atoms with van der Waals surface area (Å²) in [5.74, 6) is -0.689. The second kappa shape index (κ2) is 5.33. The molecule has 8 nitrogen and oxygen atoms in total. The van der Waals surface area contributed by atoms with Crippen LogP contribution in [0.15, 0.2) is 11.2 Å². The molecule has 0 aliphatic carbocycles. The molecule has 1 aromatic heterocycles. The molecular weight excluding hydrogens is 284 g/mol. The molecule has 2 amide bonds. The Labute approximate surface area is 116 Å². The van der Waals surface area contributed by atoms with Crippen molar-refractivity contribution in [2.75, 3.05) is 6.54 Å². The average molecular weight is 300 g/mol. The highest BCUT2D eigenvalue weighted by Crippen LogP contribution is 2.20. The molecule has 0 aromatic carbocycles. The van der Waals surface area contributed by atoms with E-state index >= 15 is 0 Å². The molecule has 0 saturated carbocycles. The Hall–Kier alpha value is -1.74. The first-order chi connectivity index (χ1) is 9.40. The summed E-state index contributed by atoms with van der Waals surface area (Å²) in [5.41, 5.74) is 0. The summed E-state index contributed by atoms with van der Waals surface area (Å²) < 4.78 is 25.9. The Morgan fingerprint density at radius 3 is 2.65 bits per heavy atom. The van der Waals surface area contributed by atoms with Gasteiger partial charge < -0.3 is 4.98 Å². The van der Waals surface area contributed by atoms with Crippen LogP contribution in [-0.2, 0) is 26.0 Å². The van der Waals surface area contributed by atoms with Gasteiger partial charge >= 0.3 is 0 Å². The van der Waals surface area contributed by atoms with Crippen LogP contribution >= 0.6 is 0 Å². The lowest BCUT2D eigenvalue weighted by molar-refractivity contribution is -0.137. The molecule has 110 valence electrons. The van der Waals surface area contributed by atoms with Gasteiger partial charge in [-0.2, -0.15) is 4.31 Å². The van der Waals surface area contributed by atoms with Gasteiger partial charge in [0.05, 0.1) is 12.7 Å². The van der Waals surface area contributed by atoms with Crippen LogP contribution in [0.4, 0.5) is 0 Å². The minimum absolute atomic E-state index is 0.102. The minimum atomic E-state index is -3.94. The maximum absolute atomic E-state index is 12.5. The number of piperazine rings is 1. The Bertz CT molecular complexity index is 637. The van der Waals surface area contributed by atoms with E-state index in [1.54, 1.807) is 6.92 Å². The second-order valence-corrected chi connectivity index (χ2v) is 6.29. The summed E-state index contributed by atoms with van der Waals surface area (Å²) in [4.78, 5) is 29.8. The van der Waals surface area contributed by atoms with Crippen molar-refractivity contribution in [1.29, 1.82) is 0 Å². The molecule has 1 fully saturated rings. The van der Waals surface area contributed by atoms with Crippen molar-refractivity contribution in [2.45, 2.75) is 37.8 Å². The van der Waals surface area contributed by atoms with Gasteiger partial charge in [-0.3, -0.25) is 14.9 Å². The summed E-state index contributed by atoms with van der Waals surface area (Å²) in [5, 5.41) is 2.04. The van der Waals surface area contributed by atoms with E-state index in [0.717, 1.165) is 4.31 Å². The van der Waals surface area contributed by atoms with Crippen LogP contribution in [0, 0.1) is 0 Å². The van der Waals surface area contributed by atoms with Crippen molar-refractivity contribution in [3.63, 3.8) is 0 Å². The zero-order valence-electron chi connectivity index (χ0n) is 11.2. The number of nitrogens with zero attached hydrogens (tertiary/aromatic N) is 2. The van der Waals surface area contributed by atoms with Crippen molar-refractivity contribution < 1.29 is 18.0 Å². The van der Waals surface area contributed by atoms with Crippen molar-refractivity contribution >= 4 is 21.8 Å². The van der Waals surface area contributed by atoms with E-state index in [-0.39, 0.29) is 18.0 Å². The van der Waals surface area contributed by atoms with Crippen LogP contribution in [0.25, 0.3) is 0 Å². The summed E-state index contributed by atoms with van der Waals surface area (Å²) in [6.07, 6.45) is 2.05. The quantitative estimate of drug-likeness (QED) is 0.721. The number of rotatable bonds is 4. The maximum atomic E-state index is 12.5. The highest BCUT2D eigenvalue weighted by Gasteiger charge is 2.41. The van der Waals surface area contributed by atoms with E-state index in [1.165, 1.54) is 6.20 Å². The first-order valence-corrected chi connectivity index (χ1v) is 7.73. The van der Waals surface area contributed by atoms with Crippen LogP contribution in [0.1, 0.15) is 26.1 Å². The van der Waals surface area contributed by atoms with Crippen LogP contribution in [0.3, 0.4) is 0 Å². The van der Waals surface area contributed by atoms with Crippen molar-refractivity contribution in [1.82, 2.24) is 19.6 Å². The van der Waals surface area contributed by atoms with E-state index in [0.29, 0.717) is 12.2 Å². The number of aromatic amines is 1. The van der Waals surface area contributed by atoms with Crippen LogP contribution < -0.4 is 5.32 Å². The molecule has 0 bridgehead atoms. The van der Waals surface area contributed by atoms with Crippen molar-refractivity contribution in [2.24, 2.45) is 0 Å². The molecule has 20 heavy (non-hydrogen) atoms. The molecule has 2 heterocycles. The van der Waals surface area contributed by atoms with E-state index in [9.17, 15) is 18.0 Å². The topological polar surface area (TPSA) is 112 Å². The van der Waals surface area contributed by atoms with Gasteiger partial charge in [0.1, 0.15) is 11.9 Å². The molecule has 1 aromatic rings. The van der Waals surface area contributed by atoms with Gasteiger partial charge in [0.25, 0.3) is 10.0 Å². The third-order valence-corrected chi connectivity index (χ3v) is 4.89. The normalized spacial score (nSPS) is 21.0. The van der Waals surface area contributed by atoms with Gasteiger partial charge in [0, 0.05) is 6.42 Å². The summed E-state index contributed by atoms with van der Waals surface area (Å²) in [7, 11) is -3.94. The maximum Gasteiger partial charge on any atom is 0.261 e. The second-order valence-electron chi connectivity index (χ2n) is 4.43. The summed E-state index contributed by atoms with van der Waals surface area (Å²) in [6, 6.07) is -0.883. The Morgan fingerprint density at radius 2 is 2.10 bits per heavy atom. The fraction of sp³-hybridized carbons (Fsp3) is 0.545. The molecular formula is C11H16N4O4S. The van der Waals surface area contributed by atoms with Gasteiger partial charge in [0.2, 0.25) is 11.8 Å². The van der Waals surface area contributed by atoms with Crippen LogP contribution in [-0.4, -0.2) is 47.1 Å². The molecule has 1 unspecified atom stereocenters. The lowest BCUT2D eigenvalue weighted by atomic mass is 10.2. The van der Waals surface area contributed by atoms with Gasteiger partial charge in [-0.25, -0.2) is 13.4 Å². The van der Waals surface area contributed by atoms with Gasteiger partial charge in [0.15, 0.2) is 5.03 Å². The van der Waals surface area contributed by atoms with Gasteiger partial charge in [-0.05, 0) is 6.42 Å². The average Bonchev–Trinajstić information content (AvgIpc) is 2.87. The van der Waals surface area contributed by atoms with E-state index in [2.05, 4.69) is 15.3 Å². The van der Waals surface area contributed by atoms with Crippen LogP contribution in [0.2, 0.25) is 0 Å². The number of aromatic nitrogens is 2. The number of hydrogen-bond donors (Lipinski definition) is 2. The molecule has 1 aliphatic heterocycles. The molecule has 1 aliphatic rings. The number of imidazole rings is 1. The monoisotopic (exact) mass is 300 g/mol. The van der Waals surface area contributed by atoms with Crippen LogP contribution in [0.5, 0.6) is 0 Å². The standard InChI is InChI=1S/C11H16N4O4S/c1-3-7-11(17)14-9(16)6-15(7)20(18,19)10-5-12-8(4-2)13-10/h5,7H,3-4,6H2,1-2H3,(H,12,13)(H,14,16,17). The number of imide groups is 1. The molecule has 0 radical (unpaired) electrons. The summed E-state index contributed by atoms with van der Waals surface area (Å²) >= 11 is 0. The number of carbonyl (C=O) groups is 2. The van der Waals surface area contributed by atoms with Gasteiger partial charge in [-0.1, -0.05) is 13.8 Å². The molecule has 0 spiro atoms. The number of carbonyl (C=O) groups excluding carboxylic acids is 2. The fourth-order valence-corrected chi connectivity index (χ4v) is 3.62. The lowest BCUT2D eigenvalue weighted by Crippen LogP contribution is -2.59. The van der Waals surface area contributed by atoms with E-state index in [1.807, 2.05) is 6.92 Å². The molecule has 1 atom stereocenters. The van der Waals surface area contributed by atoms with E-state index in [4.69, 9.17) is 0 Å². The Kier molecular flexibility index (Phi) is 3.91. The highest BCUT2D eigenvalue weighted by atomic mass is 32.2. The number of aryl methyl sites for hydroxylation is 1. The van der Waals surface area contributed by atoms with Crippen molar-refractivity contribution in [3.05, 3.63) is 12.0 Å². The first-order valence-electron chi connectivity index (χ1n) is 6.29. The lowest BCUT2D eigenvalue weighted by Gasteiger charge is -2.31. The highest BCUT2D eigenvalue weighted by molar-refractivity contribution is 7.89. The fourth-order valence-electron chi connectivity index (χ4n) is 2.06. The number of hydrogen-bond acceptors (Lipinski definition) is 5. The predicted octanol–water partition coefficient (Wildman–Crippen LogP) is -0.602. The van der Waals surface area contributed by atoms with E-state index < -0.39 is 27.9 Å². The SMILES string of the molecule is CCc1ncc(S(=O)(=O)N2CC(=O)NC(=O)C2CC)[nH]1. The summed E-state index contributed by atoms with van der Waals surface area (Å²) in [6.45, 7) is 3.15. The Balaban J connectivity index is 2.40. The number of H-pyrrole nitrogens is 1. The number of nitrogens with one attached hydrogen (secondary N) is 2. The minimum Gasteiger partial charge on any atom is -0.332 e. The molecule has 1 saturated heterocycles. The molecule has 2 N–H and O–H groups in total. The predicted molar refractivity (Wildman–Crippen MR) is 69.1 cm³/mol.